The number of rotatable bonds is 5. The maximum absolute atomic E-state index is 11.8. The molecular formula is C19H22N4O2. The molecule has 3 aromatic rings. The molecule has 25 heavy (non-hydrogen) atoms. The van der Waals surface area contributed by atoms with Crippen molar-refractivity contribution in [3.8, 4) is 11.3 Å². The fourth-order valence-electron chi connectivity index (χ4n) is 2.90. The first kappa shape index (κ1) is 17.0. The van der Waals surface area contributed by atoms with Crippen molar-refractivity contribution in [3.63, 3.8) is 0 Å². The summed E-state index contributed by atoms with van der Waals surface area (Å²) in [5, 5.41) is 3.19. The van der Waals surface area contributed by atoms with Crippen LogP contribution in [0.2, 0.25) is 0 Å². The Morgan fingerprint density at radius 2 is 2.00 bits per heavy atom. The van der Waals surface area contributed by atoms with E-state index < -0.39 is 0 Å². The van der Waals surface area contributed by atoms with Gasteiger partial charge in [-0.05, 0) is 39.8 Å². The third kappa shape index (κ3) is 3.47. The van der Waals surface area contributed by atoms with Gasteiger partial charge in [0.25, 0.3) is 0 Å². The molecule has 1 N–H and O–H groups in total. The summed E-state index contributed by atoms with van der Waals surface area (Å²) in [6.45, 7) is 8.21. The second-order valence-electron chi connectivity index (χ2n) is 6.01. The van der Waals surface area contributed by atoms with Crippen molar-refractivity contribution in [2.24, 2.45) is 0 Å². The molecule has 0 unspecified atom stereocenters. The number of carbonyl (C=O) groups is 1. The molecule has 6 heteroatoms. The van der Waals surface area contributed by atoms with Crippen molar-refractivity contribution in [2.75, 3.05) is 18.5 Å². The Labute approximate surface area is 146 Å². The van der Waals surface area contributed by atoms with Gasteiger partial charge in [0.2, 0.25) is 5.78 Å². The van der Waals surface area contributed by atoms with E-state index in [2.05, 4.69) is 16.4 Å². The molecule has 0 fully saturated rings. The number of benzene rings is 1. The van der Waals surface area contributed by atoms with Crippen LogP contribution in [0.3, 0.4) is 0 Å². The zero-order valence-electron chi connectivity index (χ0n) is 15.0. The molecule has 0 bridgehead atoms. The van der Waals surface area contributed by atoms with Gasteiger partial charge < -0.3 is 10.1 Å². The smallest absolute Gasteiger partial charge is 0.325 e. The van der Waals surface area contributed by atoms with Crippen LogP contribution >= 0.6 is 0 Å². The van der Waals surface area contributed by atoms with E-state index in [0.29, 0.717) is 12.4 Å². The monoisotopic (exact) mass is 338 g/mol. The average molecular weight is 338 g/mol. The molecule has 0 amide bonds. The minimum absolute atomic E-state index is 0.0771. The number of anilines is 1. The van der Waals surface area contributed by atoms with Crippen molar-refractivity contribution < 1.29 is 9.53 Å². The summed E-state index contributed by atoms with van der Waals surface area (Å²) in [4.78, 5) is 21.0. The molecule has 2 aromatic heterocycles. The minimum atomic E-state index is -0.301. The largest absolute Gasteiger partial charge is 0.465 e. The maximum atomic E-state index is 11.8. The van der Waals surface area contributed by atoms with E-state index in [0.717, 1.165) is 34.0 Å². The molecule has 1 aromatic carbocycles. The van der Waals surface area contributed by atoms with Crippen LogP contribution in [0.4, 0.5) is 5.82 Å². The van der Waals surface area contributed by atoms with Crippen molar-refractivity contribution in [1.29, 1.82) is 0 Å². The summed E-state index contributed by atoms with van der Waals surface area (Å²) >= 11 is 0. The van der Waals surface area contributed by atoms with Gasteiger partial charge in [0.1, 0.15) is 18.1 Å². The van der Waals surface area contributed by atoms with E-state index >= 15 is 0 Å². The van der Waals surface area contributed by atoms with Gasteiger partial charge in [-0.1, -0.05) is 23.8 Å². The molecule has 0 radical (unpaired) electrons. The van der Waals surface area contributed by atoms with E-state index in [1.807, 2.05) is 49.4 Å². The predicted octanol–water partition coefficient (Wildman–Crippen LogP) is 3.30. The van der Waals surface area contributed by atoms with Gasteiger partial charge in [-0.3, -0.25) is 9.20 Å². The fraction of sp³-hybridized carbons (Fsp3) is 0.316. The number of aromatic nitrogens is 3. The Hall–Kier alpha value is -2.89. The lowest BCUT2D eigenvalue weighted by molar-refractivity contribution is -0.140. The van der Waals surface area contributed by atoms with Crippen molar-refractivity contribution in [1.82, 2.24) is 14.4 Å². The Kier molecular flexibility index (Phi) is 4.70. The first-order chi connectivity index (χ1) is 12.0. The number of fused-ring (bicyclic) bond motifs is 1. The molecule has 0 atom stereocenters. The van der Waals surface area contributed by atoms with Gasteiger partial charge in [0.15, 0.2) is 0 Å². The van der Waals surface area contributed by atoms with Crippen molar-refractivity contribution >= 4 is 17.6 Å². The SMILES string of the molecule is CCOC(=O)CNc1c(-c2cccc(C)c2)nc2nc(C)cc(C)n12. The minimum Gasteiger partial charge on any atom is -0.465 e. The van der Waals surface area contributed by atoms with E-state index in [9.17, 15) is 4.79 Å². The fourth-order valence-corrected chi connectivity index (χ4v) is 2.90. The predicted molar refractivity (Wildman–Crippen MR) is 97.8 cm³/mol. The third-order valence-corrected chi connectivity index (χ3v) is 3.90. The Balaban J connectivity index is 2.13. The summed E-state index contributed by atoms with van der Waals surface area (Å²) in [5.74, 6) is 1.06. The quantitative estimate of drug-likeness (QED) is 0.723. The average Bonchev–Trinajstić information content (AvgIpc) is 2.92. The lowest BCUT2D eigenvalue weighted by Gasteiger charge is -2.10. The molecule has 0 saturated heterocycles. The van der Waals surface area contributed by atoms with Crippen LogP contribution in [0.1, 0.15) is 23.9 Å². The van der Waals surface area contributed by atoms with E-state index in [-0.39, 0.29) is 12.5 Å². The molecule has 0 spiro atoms. The summed E-state index contributed by atoms with van der Waals surface area (Å²) in [7, 11) is 0. The second-order valence-corrected chi connectivity index (χ2v) is 6.01. The third-order valence-electron chi connectivity index (χ3n) is 3.90. The Morgan fingerprint density at radius 3 is 2.72 bits per heavy atom. The molecule has 130 valence electrons. The van der Waals surface area contributed by atoms with Crippen LogP contribution in [0, 0.1) is 20.8 Å². The maximum Gasteiger partial charge on any atom is 0.325 e. The highest BCUT2D eigenvalue weighted by Crippen LogP contribution is 2.29. The van der Waals surface area contributed by atoms with Gasteiger partial charge in [0.05, 0.1) is 6.61 Å². The Bertz CT molecular complexity index is 931. The number of aryl methyl sites for hydroxylation is 3. The van der Waals surface area contributed by atoms with Gasteiger partial charge in [0, 0.05) is 17.0 Å². The van der Waals surface area contributed by atoms with Crippen LogP contribution in [0.25, 0.3) is 17.0 Å². The van der Waals surface area contributed by atoms with Crippen LogP contribution in [-0.2, 0) is 9.53 Å². The van der Waals surface area contributed by atoms with Crippen molar-refractivity contribution in [3.05, 3.63) is 47.3 Å². The van der Waals surface area contributed by atoms with Gasteiger partial charge in [-0.2, -0.15) is 0 Å². The van der Waals surface area contributed by atoms with Crippen LogP contribution in [0.5, 0.6) is 0 Å². The summed E-state index contributed by atoms with van der Waals surface area (Å²) in [6.07, 6.45) is 0. The Morgan fingerprint density at radius 1 is 1.20 bits per heavy atom. The van der Waals surface area contributed by atoms with E-state index in [4.69, 9.17) is 9.72 Å². The number of ether oxygens (including phenoxy) is 1. The van der Waals surface area contributed by atoms with Gasteiger partial charge >= 0.3 is 5.97 Å². The van der Waals surface area contributed by atoms with E-state index in [1.54, 1.807) is 6.92 Å². The van der Waals surface area contributed by atoms with Crippen molar-refractivity contribution in [2.45, 2.75) is 27.7 Å². The summed E-state index contributed by atoms with van der Waals surface area (Å²) < 4.78 is 6.95. The van der Waals surface area contributed by atoms with Gasteiger partial charge in [-0.15, -0.1) is 0 Å². The number of carbonyl (C=O) groups excluding carboxylic acids is 1. The molecule has 0 aliphatic rings. The molecule has 0 aliphatic carbocycles. The summed E-state index contributed by atoms with van der Waals surface area (Å²) in [5.41, 5.74) is 4.80. The number of hydrogen-bond acceptors (Lipinski definition) is 5. The van der Waals surface area contributed by atoms with Gasteiger partial charge in [-0.25, -0.2) is 9.97 Å². The van der Waals surface area contributed by atoms with E-state index in [1.165, 1.54) is 0 Å². The molecule has 0 aliphatic heterocycles. The number of nitrogens with zero attached hydrogens (tertiary/aromatic N) is 3. The number of nitrogens with one attached hydrogen (secondary N) is 1. The lowest BCUT2D eigenvalue weighted by Crippen LogP contribution is -2.18. The standard InChI is InChI=1S/C19H22N4O2/c1-5-25-16(24)11-20-18-17(15-8-6-7-12(2)9-15)22-19-21-13(3)10-14(4)23(18)19/h6-10,20H,5,11H2,1-4H3. The van der Waals surface area contributed by atoms with Crippen LogP contribution < -0.4 is 5.32 Å². The molecule has 2 heterocycles. The lowest BCUT2D eigenvalue weighted by atomic mass is 10.1. The number of esters is 1. The number of hydrogen-bond donors (Lipinski definition) is 1. The first-order valence-corrected chi connectivity index (χ1v) is 8.33. The molecular weight excluding hydrogens is 316 g/mol. The zero-order valence-corrected chi connectivity index (χ0v) is 15.0. The molecule has 0 saturated carbocycles. The highest BCUT2D eigenvalue weighted by atomic mass is 16.5. The summed E-state index contributed by atoms with van der Waals surface area (Å²) in [6, 6.07) is 10.1. The molecule has 3 rings (SSSR count). The number of imidazole rings is 1. The zero-order chi connectivity index (χ0) is 18.0. The van der Waals surface area contributed by atoms with Crippen LogP contribution in [-0.4, -0.2) is 33.5 Å². The highest BCUT2D eigenvalue weighted by Gasteiger charge is 2.18. The first-order valence-electron chi connectivity index (χ1n) is 8.33. The topological polar surface area (TPSA) is 68.5 Å². The second kappa shape index (κ2) is 6.93. The normalized spacial score (nSPS) is 10.9. The highest BCUT2D eigenvalue weighted by molar-refractivity contribution is 5.80. The van der Waals surface area contributed by atoms with Crippen LogP contribution in [0.15, 0.2) is 30.3 Å². The molecule has 6 nitrogen and oxygen atoms in total.